The first-order valence-corrected chi connectivity index (χ1v) is 5.31. The molecule has 0 fully saturated rings. The maximum absolute atomic E-state index is 5.64. The number of ether oxygens (including phenoxy) is 2. The van der Waals surface area contributed by atoms with Gasteiger partial charge in [0.25, 0.3) is 0 Å². The largest absolute Gasteiger partial charge is 0.497 e. The van der Waals surface area contributed by atoms with E-state index in [2.05, 4.69) is 9.97 Å². The molecule has 0 saturated heterocycles. The molecule has 0 saturated carbocycles. The van der Waals surface area contributed by atoms with E-state index in [0.29, 0.717) is 11.5 Å². The highest BCUT2D eigenvalue weighted by Gasteiger charge is 2.05. The summed E-state index contributed by atoms with van der Waals surface area (Å²) in [6.45, 7) is 0. The van der Waals surface area contributed by atoms with Crippen LogP contribution in [0.4, 0.5) is 0 Å². The molecular weight excluding hydrogens is 240 g/mol. The van der Waals surface area contributed by atoms with Gasteiger partial charge in [0.1, 0.15) is 11.5 Å². The molecule has 0 aliphatic carbocycles. The van der Waals surface area contributed by atoms with Crippen LogP contribution in [0, 0.1) is 0 Å². The van der Waals surface area contributed by atoms with Gasteiger partial charge in [-0.2, -0.15) is 0 Å². The number of halogens is 1. The number of benzene rings is 1. The summed E-state index contributed by atoms with van der Waals surface area (Å²) in [6, 6.07) is 5.57. The van der Waals surface area contributed by atoms with Gasteiger partial charge in [0.15, 0.2) is 0 Å². The third-order valence-corrected chi connectivity index (χ3v) is 2.50. The minimum Gasteiger partial charge on any atom is -0.497 e. The van der Waals surface area contributed by atoms with Crippen molar-refractivity contribution in [1.82, 2.24) is 9.97 Å². The Labute approximate surface area is 104 Å². The lowest BCUT2D eigenvalue weighted by Gasteiger charge is -2.08. The molecule has 0 aliphatic heterocycles. The number of hydrogen-bond acceptors (Lipinski definition) is 4. The van der Waals surface area contributed by atoms with Crippen molar-refractivity contribution < 1.29 is 9.47 Å². The van der Waals surface area contributed by atoms with E-state index in [1.165, 1.54) is 0 Å². The summed E-state index contributed by atoms with van der Waals surface area (Å²) in [4.78, 5) is 7.88. The predicted molar refractivity (Wildman–Crippen MR) is 65.6 cm³/mol. The molecule has 0 N–H and O–H groups in total. The first kappa shape index (κ1) is 11.7. The van der Waals surface area contributed by atoms with Crippen LogP contribution in [0.15, 0.2) is 30.6 Å². The number of rotatable bonds is 3. The number of aromatic nitrogens is 2. The summed E-state index contributed by atoms with van der Waals surface area (Å²) >= 11 is 5.64. The zero-order valence-corrected chi connectivity index (χ0v) is 10.2. The van der Waals surface area contributed by atoms with Gasteiger partial charge in [0.2, 0.25) is 5.28 Å². The fraction of sp³-hybridized carbons (Fsp3) is 0.167. The van der Waals surface area contributed by atoms with Crippen molar-refractivity contribution >= 4 is 11.6 Å². The summed E-state index contributed by atoms with van der Waals surface area (Å²) in [5, 5.41) is 0.226. The number of hydrogen-bond donors (Lipinski definition) is 0. The number of methoxy groups -OCH3 is 2. The topological polar surface area (TPSA) is 44.2 Å². The van der Waals surface area contributed by atoms with Crippen LogP contribution < -0.4 is 9.47 Å². The van der Waals surface area contributed by atoms with Crippen LogP contribution in [0.3, 0.4) is 0 Å². The second-order valence-electron chi connectivity index (χ2n) is 3.34. The maximum Gasteiger partial charge on any atom is 0.222 e. The Morgan fingerprint density at radius 1 is 0.882 bits per heavy atom. The van der Waals surface area contributed by atoms with E-state index in [-0.39, 0.29) is 5.28 Å². The third kappa shape index (κ3) is 2.65. The average molecular weight is 251 g/mol. The van der Waals surface area contributed by atoms with E-state index in [4.69, 9.17) is 21.1 Å². The molecule has 0 bridgehead atoms. The Hall–Kier alpha value is -1.81. The van der Waals surface area contributed by atoms with E-state index < -0.39 is 0 Å². The van der Waals surface area contributed by atoms with Crippen molar-refractivity contribution in [2.24, 2.45) is 0 Å². The summed E-state index contributed by atoms with van der Waals surface area (Å²) in [5.41, 5.74) is 1.77. The van der Waals surface area contributed by atoms with Crippen molar-refractivity contribution in [2.45, 2.75) is 0 Å². The molecule has 5 heteroatoms. The smallest absolute Gasteiger partial charge is 0.222 e. The molecule has 0 spiro atoms. The van der Waals surface area contributed by atoms with Gasteiger partial charge in [-0.25, -0.2) is 9.97 Å². The molecule has 1 heterocycles. The van der Waals surface area contributed by atoms with Gasteiger partial charge in [-0.3, -0.25) is 0 Å². The Balaban J connectivity index is 2.46. The molecule has 0 radical (unpaired) electrons. The van der Waals surface area contributed by atoms with Crippen molar-refractivity contribution in [1.29, 1.82) is 0 Å². The second kappa shape index (κ2) is 5.01. The van der Waals surface area contributed by atoms with Crippen LogP contribution in [0.1, 0.15) is 0 Å². The molecule has 2 rings (SSSR count). The zero-order chi connectivity index (χ0) is 12.3. The molecule has 0 aliphatic rings. The zero-order valence-electron chi connectivity index (χ0n) is 9.48. The first-order chi connectivity index (χ1) is 8.22. The molecule has 17 heavy (non-hydrogen) atoms. The molecule has 0 atom stereocenters. The van der Waals surface area contributed by atoms with Gasteiger partial charge in [0.05, 0.1) is 14.2 Å². The van der Waals surface area contributed by atoms with E-state index in [1.54, 1.807) is 32.7 Å². The van der Waals surface area contributed by atoms with Crippen LogP contribution in [0.2, 0.25) is 5.28 Å². The Morgan fingerprint density at radius 3 is 1.88 bits per heavy atom. The lowest BCUT2D eigenvalue weighted by Crippen LogP contribution is -1.90. The molecule has 2 aromatic rings. The molecular formula is C12H11ClN2O2. The summed E-state index contributed by atoms with van der Waals surface area (Å²) < 4.78 is 10.4. The van der Waals surface area contributed by atoms with Crippen LogP contribution >= 0.6 is 11.6 Å². The highest BCUT2D eigenvalue weighted by molar-refractivity contribution is 6.28. The van der Waals surface area contributed by atoms with Crippen LogP contribution in [-0.4, -0.2) is 24.2 Å². The molecule has 1 aromatic carbocycles. The van der Waals surface area contributed by atoms with Crippen molar-refractivity contribution in [3.63, 3.8) is 0 Å². The molecule has 0 amide bonds. The van der Waals surface area contributed by atoms with Gasteiger partial charge < -0.3 is 9.47 Å². The minimum atomic E-state index is 0.226. The monoisotopic (exact) mass is 250 g/mol. The normalized spacial score (nSPS) is 10.1. The molecule has 4 nitrogen and oxygen atoms in total. The standard InChI is InChI=1S/C12H11ClN2O2/c1-16-10-3-8(4-11(5-10)17-2)9-6-14-12(13)15-7-9/h3-7H,1-2H3. The third-order valence-electron chi connectivity index (χ3n) is 2.31. The van der Waals surface area contributed by atoms with Gasteiger partial charge >= 0.3 is 0 Å². The van der Waals surface area contributed by atoms with Crippen molar-refractivity contribution in [2.75, 3.05) is 14.2 Å². The van der Waals surface area contributed by atoms with E-state index in [1.807, 2.05) is 12.1 Å². The second-order valence-corrected chi connectivity index (χ2v) is 3.68. The SMILES string of the molecule is COc1cc(OC)cc(-c2cnc(Cl)nc2)c1. The minimum absolute atomic E-state index is 0.226. The van der Waals surface area contributed by atoms with Crippen LogP contribution in [0.5, 0.6) is 11.5 Å². The summed E-state index contributed by atoms with van der Waals surface area (Å²) in [6.07, 6.45) is 3.31. The lowest BCUT2D eigenvalue weighted by atomic mass is 10.1. The van der Waals surface area contributed by atoms with E-state index >= 15 is 0 Å². The first-order valence-electron chi connectivity index (χ1n) is 4.94. The quantitative estimate of drug-likeness (QED) is 0.786. The molecule has 0 unspecified atom stereocenters. The molecule has 1 aromatic heterocycles. The van der Waals surface area contributed by atoms with Gasteiger partial charge in [-0.15, -0.1) is 0 Å². The highest BCUT2D eigenvalue weighted by atomic mass is 35.5. The fourth-order valence-electron chi connectivity index (χ4n) is 1.44. The molecule has 88 valence electrons. The summed E-state index contributed by atoms with van der Waals surface area (Å²) in [5.74, 6) is 1.43. The van der Waals surface area contributed by atoms with E-state index in [0.717, 1.165) is 11.1 Å². The Morgan fingerprint density at radius 2 is 1.41 bits per heavy atom. The lowest BCUT2D eigenvalue weighted by molar-refractivity contribution is 0.394. The van der Waals surface area contributed by atoms with Crippen molar-refractivity contribution in [3.8, 4) is 22.6 Å². The summed E-state index contributed by atoms with van der Waals surface area (Å²) in [7, 11) is 3.22. The Bertz CT molecular complexity index is 492. The van der Waals surface area contributed by atoms with Gasteiger partial charge in [-0.1, -0.05) is 0 Å². The Kier molecular flexibility index (Phi) is 3.44. The fourth-order valence-corrected chi connectivity index (χ4v) is 1.53. The highest BCUT2D eigenvalue weighted by Crippen LogP contribution is 2.29. The average Bonchev–Trinajstić information content (AvgIpc) is 2.39. The van der Waals surface area contributed by atoms with Crippen molar-refractivity contribution in [3.05, 3.63) is 35.9 Å². The maximum atomic E-state index is 5.64. The van der Waals surface area contributed by atoms with Crippen LogP contribution in [0.25, 0.3) is 11.1 Å². The number of nitrogens with zero attached hydrogens (tertiary/aromatic N) is 2. The van der Waals surface area contributed by atoms with Gasteiger partial charge in [0, 0.05) is 24.0 Å². The van der Waals surface area contributed by atoms with E-state index in [9.17, 15) is 0 Å². The van der Waals surface area contributed by atoms with Gasteiger partial charge in [-0.05, 0) is 29.3 Å². The predicted octanol–water partition coefficient (Wildman–Crippen LogP) is 2.81. The van der Waals surface area contributed by atoms with Crippen LogP contribution in [-0.2, 0) is 0 Å².